The Morgan fingerprint density at radius 3 is 2.37 bits per heavy atom. The van der Waals surface area contributed by atoms with Gasteiger partial charge in [-0.1, -0.05) is 51.1 Å². The molecule has 0 fully saturated rings. The van der Waals surface area contributed by atoms with Gasteiger partial charge in [0, 0.05) is 23.9 Å². The van der Waals surface area contributed by atoms with Gasteiger partial charge in [-0.2, -0.15) is 4.98 Å². The van der Waals surface area contributed by atoms with Crippen LogP contribution in [0.1, 0.15) is 27.7 Å². The van der Waals surface area contributed by atoms with Gasteiger partial charge in [0.15, 0.2) is 25.6 Å². The molecule has 3 aromatic heterocycles. The maximum absolute atomic E-state index is 12.9. The smallest absolute Gasteiger partial charge is 0.262 e. The maximum atomic E-state index is 12.9. The first-order valence-corrected chi connectivity index (χ1v) is 20.0. The van der Waals surface area contributed by atoms with Crippen LogP contribution >= 0.6 is 0 Å². The Balaban J connectivity index is 1.71. The lowest BCUT2D eigenvalue weighted by Crippen LogP contribution is -2.41. The van der Waals surface area contributed by atoms with Gasteiger partial charge in [0.25, 0.3) is 5.88 Å². The second-order valence-corrected chi connectivity index (χ2v) is 18.9. The quantitative estimate of drug-likeness (QED) is 0.116. The number of sulfonamides is 1. The predicted molar refractivity (Wildman–Crippen MR) is 186 cm³/mol. The summed E-state index contributed by atoms with van der Waals surface area (Å²) >= 11 is 0. The number of hydrogen-bond donors (Lipinski definition) is 1. The fourth-order valence-corrected chi connectivity index (χ4v) is 6.37. The molecule has 2 aromatic carbocycles. The third-order valence-electron chi connectivity index (χ3n) is 8.23. The van der Waals surface area contributed by atoms with Gasteiger partial charge in [-0.3, -0.25) is 4.98 Å². The number of rotatable bonds is 13. The number of pyridine rings is 1. The van der Waals surface area contributed by atoms with Crippen LogP contribution in [0.15, 0.2) is 71.8 Å². The average molecular weight is 705 g/mol. The van der Waals surface area contributed by atoms with Gasteiger partial charge in [-0.25, -0.2) is 23.2 Å². The van der Waals surface area contributed by atoms with Crippen molar-refractivity contribution < 1.29 is 27.1 Å². The van der Waals surface area contributed by atoms with Gasteiger partial charge in [0.05, 0.1) is 18.6 Å². The van der Waals surface area contributed by atoms with Crippen molar-refractivity contribution in [1.82, 2.24) is 35.2 Å². The van der Waals surface area contributed by atoms with E-state index in [0.29, 0.717) is 35.1 Å². The zero-order valence-corrected chi connectivity index (χ0v) is 30.4. The van der Waals surface area contributed by atoms with Crippen LogP contribution in [0.4, 0.5) is 0 Å². The zero-order valence-electron chi connectivity index (χ0n) is 28.5. The summed E-state index contributed by atoms with van der Waals surface area (Å²) in [6.07, 6.45) is 1.59. The van der Waals surface area contributed by atoms with Crippen LogP contribution in [0, 0.1) is 0 Å². The fraction of sp³-hybridized carbons (Fsp3) is 0.333. The molecule has 5 aromatic rings. The Kier molecular flexibility index (Phi) is 10.4. The number of nitrogens with zero attached hydrogens (tertiary/aromatic N) is 7. The molecule has 0 amide bonds. The molecule has 0 atom stereocenters. The van der Waals surface area contributed by atoms with E-state index in [4.69, 9.17) is 33.7 Å². The van der Waals surface area contributed by atoms with E-state index in [1.165, 1.54) is 13.2 Å². The molecule has 14 nitrogen and oxygen atoms in total. The van der Waals surface area contributed by atoms with Crippen LogP contribution < -0.4 is 19.3 Å². The van der Waals surface area contributed by atoms with Crippen molar-refractivity contribution in [1.29, 1.82) is 0 Å². The molecule has 0 aliphatic rings. The van der Waals surface area contributed by atoms with Crippen LogP contribution in [-0.4, -0.2) is 72.2 Å². The van der Waals surface area contributed by atoms with Crippen molar-refractivity contribution in [2.75, 3.05) is 20.3 Å². The normalized spacial score (nSPS) is 12.2. The zero-order chi connectivity index (χ0) is 35.4. The number of benzene rings is 2. The topological polar surface area (TPSA) is 179 Å². The number of ether oxygens (including phenoxy) is 3. The summed E-state index contributed by atoms with van der Waals surface area (Å²) in [5.74, 6) is 1.52. The standard InChI is InChI=1S/C33H40N8O6SSi/c1-8-41-31(38-39-40-41)24-21-22(17-18-35-24)30-36-28(23-13-9-12-16-27(23)48(34,42)43)29(47-26-15-11-10-14-25(26)44-5)32(37-30)45-19-20-46-49(6,7)33(2,3)4/h9-18,21H,8,19-20H2,1-7H3,(H2,34,42,43). The average Bonchev–Trinajstić information content (AvgIpc) is 3.56. The molecule has 0 spiro atoms. The van der Waals surface area contributed by atoms with Gasteiger partial charge in [0.2, 0.25) is 21.6 Å². The molecule has 2 N–H and O–H groups in total. The van der Waals surface area contributed by atoms with E-state index in [9.17, 15) is 8.42 Å². The Morgan fingerprint density at radius 2 is 1.67 bits per heavy atom. The van der Waals surface area contributed by atoms with Gasteiger partial charge in [0.1, 0.15) is 18.0 Å². The number of aryl methyl sites for hydroxylation is 1. The van der Waals surface area contributed by atoms with Crippen LogP contribution in [0.2, 0.25) is 18.1 Å². The monoisotopic (exact) mass is 704 g/mol. The van der Waals surface area contributed by atoms with Gasteiger partial charge in [-0.05, 0) is 65.8 Å². The van der Waals surface area contributed by atoms with E-state index in [1.54, 1.807) is 65.5 Å². The second-order valence-electron chi connectivity index (χ2n) is 12.5. The van der Waals surface area contributed by atoms with E-state index in [2.05, 4.69) is 54.4 Å². The van der Waals surface area contributed by atoms with E-state index >= 15 is 0 Å². The molecular formula is C33H40N8O6SSi. The third kappa shape index (κ3) is 7.93. The summed E-state index contributed by atoms with van der Waals surface area (Å²) in [5, 5.41) is 17.6. The Hall–Kier alpha value is -4.77. The molecule has 0 aliphatic carbocycles. The first-order chi connectivity index (χ1) is 23.2. The van der Waals surface area contributed by atoms with E-state index in [-0.39, 0.29) is 51.9 Å². The second kappa shape index (κ2) is 14.4. The van der Waals surface area contributed by atoms with E-state index < -0.39 is 18.3 Å². The van der Waals surface area contributed by atoms with Crippen LogP contribution in [0.5, 0.6) is 23.1 Å². The molecule has 0 unspecified atom stereocenters. The molecule has 49 heavy (non-hydrogen) atoms. The molecule has 0 radical (unpaired) electrons. The van der Waals surface area contributed by atoms with Crippen molar-refractivity contribution in [3.8, 4) is 57.3 Å². The summed E-state index contributed by atoms with van der Waals surface area (Å²) in [6, 6.07) is 16.7. The molecule has 0 saturated carbocycles. The number of hydrogen-bond acceptors (Lipinski definition) is 12. The predicted octanol–water partition coefficient (Wildman–Crippen LogP) is 5.73. The lowest BCUT2D eigenvalue weighted by Gasteiger charge is -2.36. The lowest BCUT2D eigenvalue weighted by molar-refractivity contribution is 0.195. The summed E-state index contributed by atoms with van der Waals surface area (Å²) < 4.78 is 52.0. The Bertz CT molecular complexity index is 2050. The lowest BCUT2D eigenvalue weighted by atomic mass is 10.1. The minimum Gasteiger partial charge on any atom is -0.493 e. The minimum atomic E-state index is -4.20. The van der Waals surface area contributed by atoms with Crippen molar-refractivity contribution in [2.24, 2.45) is 5.14 Å². The molecule has 0 bridgehead atoms. The first-order valence-electron chi connectivity index (χ1n) is 15.6. The van der Waals surface area contributed by atoms with E-state index in [1.807, 2.05) is 6.92 Å². The number of para-hydroxylation sites is 2. The molecule has 3 heterocycles. The number of primary sulfonamides is 1. The van der Waals surface area contributed by atoms with Crippen LogP contribution in [-0.2, 0) is 21.0 Å². The highest BCUT2D eigenvalue weighted by Crippen LogP contribution is 2.44. The molecule has 5 rings (SSSR count). The van der Waals surface area contributed by atoms with Crippen molar-refractivity contribution in [3.05, 3.63) is 66.9 Å². The molecule has 16 heteroatoms. The fourth-order valence-electron chi connectivity index (χ4n) is 4.60. The number of nitrogens with two attached hydrogens (primary N) is 1. The Morgan fingerprint density at radius 1 is 0.959 bits per heavy atom. The van der Waals surface area contributed by atoms with E-state index in [0.717, 1.165) is 0 Å². The first kappa shape index (κ1) is 35.5. The highest BCUT2D eigenvalue weighted by Gasteiger charge is 2.37. The maximum Gasteiger partial charge on any atom is 0.262 e. The SMILES string of the molecule is CCn1nnnc1-c1cc(-c2nc(OCCO[Si](C)(C)C(C)(C)C)c(Oc3ccccc3OC)c(-c3ccccc3S(N)(=O)=O)n2)ccn1. The van der Waals surface area contributed by atoms with Crippen molar-refractivity contribution in [3.63, 3.8) is 0 Å². The highest BCUT2D eigenvalue weighted by molar-refractivity contribution is 7.89. The molecular weight excluding hydrogens is 665 g/mol. The summed E-state index contributed by atoms with van der Waals surface area (Å²) in [6.45, 7) is 13.6. The highest BCUT2D eigenvalue weighted by atomic mass is 32.2. The van der Waals surface area contributed by atoms with Gasteiger partial charge >= 0.3 is 0 Å². The summed E-state index contributed by atoms with van der Waals surface area (Å²) in [7, 11) is -4.78. The molecule has 258 valence electrons. The van der Waals surface area contributed by atoms with Crippen molar-refractivity contribution in [2.45, 2.75) is 57.3 Å². The largest absolute Gasteiger partial charge is 0.493 e. The van der Waals surface area contributed by atoms with Crippen LogP contribution in [0.25, 0.3) is 34.2 Å². The van der Waals surface area contributed by atoms with Gasteiger partial charge in [-0.15, -0.1) is 5.10 Å². The van der Waals surface area contributed by atoms with Crippen LogP contribution in [0.3, 0.4) is 0 Å². The van der Waals surface area contributed by atoms with Gasteiger partial charge < -0.3 is 18.6 Å². The number of tetrazole rings is 1. The number of methoxy groups -OCH3 is 1. The third-order valence-corrected chi connectivity index (χ3v) is 13.7. The molecule has 0 aliphatic heterocycles. The van der Waals surface area contributed by atoms with Crippen molar-refractivity contribution >= 4 is 18.3 Å². The summed E-state index contributed by atoms with van der Waals surface area (Å²) in [4.78, 5) is 14.0. The summed E-state index contributed by atoms with van der Waals surface area (Å²) in [5.41, 5.74) is 1.33. The Labute approximate surface area is 286 Å². The molecule has 0 saturated heterocycles. The number of aromatic nitrogens is 7. The minimum absolute atomic E-state index is 0.00556.